The first-order chi connectivity index (χ1) is 16.6. The Hall–Kier alpha value is -2.86. The number of fused-ring (bicyclic) bond motifs is 1. The molecule has 3 aromatic rings. The van der Waals surface area contributed by atoms with Crippen LogP contribution in [0, 0.1) is 5.92 Å². The second-order valence-corrected chi connectivity index (χ2v) is 9.98. The first-order valence-electron chi connectivity index (χ1n) is 12.3. The number of amides is 1. The number of aryl methyl sites for hydroxylation is 1. The van der Waals surface area contributed by atoms with Gasteiger partial charge in [-0.15, -0.1) is 0 Å². The molecule has 1 aromatic carbocycles. The summed E-state index contributed by atoms with van der Waals surface area (Å²) in [6, 6.07) is 12.5. The van der Waals surface area contributed by atoms with Crippen LogP contribution in [0.4, 0.5) is 5.69 Å². The molecule has 0 radical (unpaired) electrons. The Morgan fingerprint density at radius 1 is 1.18 bits per heavy atom. The van der Waals surface area contributed by atoms with Crippen LogP contribution in [0.3, 0.4) is 0 Å². The maximum absolute atomic E-state index is 13.1. The van der Waals surface area contributed by atoms with Crippen molar-refractivity contribution in [3.8, 4) is 0 Å². The number of pyridine rings is 1. The van der Waals surface area contributed by atoms with E-state index in [0.717, 1.165) is 40.4 Å². The average molecular weight is 519 g/mol. The Morgan fingerprint density at radius 3 is 2.68 bits per heavy atom. The van der Waals surface area contributed by atoms with Crippen molar-refractivity contribution in [2.24, 2.45) is 5.92 Å². The third-order valence-corrected chi connectivity index (χ3v) is 7.66. The van der Waals surface area contributed by atoms with E-state index in [9.17, 15) is 4.79 Å². The summed E-state index contributed by atoms with van der Waals surface area (Å²) in [6.07, 6.45) is 14.3. The van der Waals surface area contributed by atoms with Gasteiger partial charge < -0.3 is 10.2 Å². The molecule has 3 heterocycles. The first kappa shape index (κ1) is 22.9. The van der Waals surface area contributed by atoms with Gasteiger partial charge in [0, 0.05) is 31.5 Å². The molecule has 0 saturated carbocycles. The molecule has 2 aliphatic rings. The van der Waals surface area contributed by atoms with E-state index >= 15 is 0 Å². The predicted octanol–water partition coefficient (Wildman–Crippen LogP) is 6.08. The van der Waals surface area contributed by atoms with Crippen LogP contribution in [0.25, 0.3) is 5.65 Å². The summed E-state index contributed by atoms with van der Waals surface area (Å²) in [5.41, 5.74) is 6.20. The number of rotatable bonds is 6. The largest absolute Gasteiger partial charge is 0.371 e. The van der Waals surface area contributed by atoms with E-state index in [1.807, 2.05) is 29.7 Å². The Kier molecular flexibility index (Phi) is 6.86. The summed E-state index contributed by atoms with van der Waals surface area (Å²) >= 11 is 3.54. The van der Waals surface area contributed by atoms with Crippen LogP contribution in [0.5, 0.6) is 0 Å². The zero-order valence-electron chi connectivity index (χ0n) is 19.6. The number of carbonyl (C=O) groups is 1. The Labute approximate surface area is 209 Å². The highest BCUT2D eigenvalue weighted by atomic mass is 79.9. The van der Waals surface area contributed by atoms with Crippen LogP contribution in [0.1, 0.15) is 54.4 Å². The zero-order chi connectivity index (χ0) is 23.5. The van der Waals surface area contributed by atoms with Crippen LogP contribution in [-0.2, 0) is 13.0 Å². The first-order valence-corrected chi connectivity index (χ1v) is 13.1. The van der Waals surface area contributed by atoms with Gasteiger partial charge in [0.25, 0.3) is 5.91 Å². The lowest BCUT2D eigenvalue weighted by Crippen LogP contribution is -2.34. The smallest absolute Gasteiger partial charge is 0.270 e. The van der Waals surface area contributed by atoms with E-state index in [1.165, 1.54) is 31.4 Å². The summed E-state index contributed by atoms with van der Waals surface area (Å²) in [6.45, 7) is 4.72. The molecule has 5 nitrogen and oxygen atoms in total. The van der Waals surface area contributed by atoms with Crippen molar-refractivity contribution in [2.45, 2.75) is 45.6 Å². The number of benzene rings is 1. The fraction of sp³-hybridized carbons (Fsp3) is 0.357. The lowest BCUT2D eigenvalue weighted by molar-refractivity contribution is 0.0944. The van der Waals surface area contributed by atoms with Gasteiger partial charge in [0.1, 0.15) is 5.69 Å². The van der Waals surface area contributed by atoms with Gasteiger partial charge in [-0.25, -0.2) is 4.98 Å². The number of anilines is 1. The predicted molar refractivity (Wildman–Crippen MR) is 141 cm³/mol. The number of allylic oxidation sites excluding steroid dienone is 4. The molecule has 1 fully saturated rings. The van der Waals surface area contributed by atoms with E-state index < -0.39 is 0 Å². The average Bonchev–Trinajstić information content (AvgIpc) is 3.28. The van der Waals surface area contributed by atoms with E-state index in [-0.39, 0.29) is 5.91 Å². The van der Waals surface area contributed by atoms with Gasteiger partial charge in [0.15, 0.2) is 5.65 Å². The Bertz CT molecular complexity index is 1230. The zero-order valence-corrected chi connectivity index (χ0v) is 21.2. The summed E-state index contributed by atoms with van der Waals surface area (Å²) < 4.78 is 2.75. The molecule has 1 aliphatic heterocycles. The van der Waals surface area contributed by atoms with E-state index in [1.54, 1.807) is 5.57 Å². The molecule has 5 rings (SSSR count). The van der Waals surface area contributed by atoms with Gasteiger partial charge in [-0.1, -0.05) is 42.9 Å². The summed E-state index contributed by atoms with van der Waals surface area (Å²) in [5.74, 6) is 0.643. The Balaban J connectivity index is 1.20. The van der Waals surface area contributed by atoms with Gasteiger partial charge in [-0.3, -0.25) is 9.20 Å². The standard InChI is InChI=1S/C28H31BrN4O/c1-2-25-26(33-16-6-9-24(29)27(33)31-25)28(34)30-19-20-10-12-23(13-11-20)32-17-14-22(15-18-32)21-7-4-3-5-8-21/h3-4,6-7,9-13,16,22H,2,5,8,14-15,17-19H2,1H3,(H,30,34). The van der Waals surface area contributed by atoms with Crippen molar-refractivity contribution in [3.63, 3.8) is 0 Å². The van der Waals surface area contributed by atoms with Crippen molar-refractivity contribution < 1.29 is 4.79 Å². The minimum Gasteiger partial charge on any atom is -0.371 e. The number of halogens is 1. The van der Waals surface area contributed by atoms with E-state index in [4.69, 9.17) is 0 Å². The molecule has 0 spiro atoms. The topological polar surface area (TPSA) is 49.6 Å². The second-order valence-electron chi connectivity index (χ2n) is 9.13. The molecular weight excluding hydrogens is 488 g/mol. The molecule has 1 saturated heterocycles. The van der Waals surface area contributed by atoms with Crippen LogP contribution in [0.15, 0.2) is 70.9 Å². The van der Waals surface area contributed by atoms with Crippen LogP contribution >= 0.6 is 15.9 Å². The van der Waals surface area contributed by atoms with Crippen molar-refractivity contribution in [1.82, 2.24) is 14.7 Å². The molecule has 1 N–H and O–H groups in total. The SMILES string of the molecule is CCc1nc2c(Br)cccn2c1C(=O)NCc1ccc(N2CCC(C3=CC=CCC3)CC2)cc1. The number of piperidine rings is 1. The normalized spacial score (nSPS) is 16.6. The third-order valence-electron chi connectivity index (χ3n) is 7.04. The molecule has 0 atom stereocenters. The molecule has 1 amide bonds. The van der Waals surface area contributed by atoms with Crippen LogP contribution in [0.2, 0.25) is 0 Å². The summed E-state index contributed by atoms with van der Waals surface area (Å²) in [4.78, 5) is 20.2. The van der Waals surface area contributed by atoms with Gasteiger partial charge in [0.2, 0.25) is 0 Å². The summed E-state index contributed by atoms with van der Waals surface area (Å²) in [5, 5.41) is 3.09. The fourth-order valence-corrected chi connectivity index (χ4v) is 5.56. The number of nitrogens with zero attached hydrogens (tertiary/aromatic N) is 3. The van der Waals surface area contributed by atoms with E-state index in [0.29, 0.717) is 18.7 Å². The highest BCUT2D eigenvalue weighted by molar-refractivity contribution is 9.10. The van der Waals surface area contributed by atoms with Crippen molar-refractivity contribution in [2.75, 3.05) is 18.0 Å². The van der Waals surface area contributed by atoms with Gasteiger partial charge in [0.05, 0.1) is 10.2 Å². The van der Waals surface area contributed by atoms with Crippen molar-refractivity contribution in [3.05, 3.63) is 87.8 Å². The van der Waals surface area contributed by atoms with Gasteiger partial charge in [-0.05, 0) is 83.8 Å². The van der Waals surface area contributed by atoms with Gasteiger partial charge >= 0.3 is 0 Å². The molecule has 1 aliphatic carbocycles. The second kappa shape index (κ2) is 10.2. The maximum Gasteiger partial charge on any atom is 0.270 e. The van der Waals surface area contributed by atoms with Crippen LogP contribution in [-0.4, -0.2) is 28.4 Å². The lowest BCUT2D eigenvalue weighted by atomic mass is 9.85. The number of hydrogen-bond acceptors (Lipinski definition) is 3. The number of carbonyl (C=O) groups excluding carboxylic acids is 1. The highest BCUT2D eigenvalue weighted by Crippen LogP contribution is 2.31. The van der Waals surface area contributed by atoms with Crippen molar-refractivity contribution >= 4 is 33.2 Å². The quantitative estimate of drug-likeness (QED) is 0.430. The minimum atomic E-state index is -0.0968. The lowest BCUT2D eigenvalue weighted by Gasteiger charge is -2.35. The minimum absolute atomic E-state index is 0.0968. The number of hydrogen-bond donors (Lipinski definition) is 1. The third kappa shape index (κ3) is 4.69. The monoisotopic (exact) mass is 518 g/mol. The highest BCUT2D eigenvalue weighted by Gasteiger charge is 2.23. The molecule has 34 heavy (non-hydrogen) atoms. The molecule has 6 heteroatoms. The molecule has 176 valence electrons. The number of aromatic nitrogens is 2. The molecule has 2 aromatic heterocycles. The number of imidazole rings is 1. The Morgan fingerprint density at radius 2 is 1.97 bits per heavy atom. The van der Waals surface area contributed by atoms with Crippen molar-refractivity contribution in [1.29, 1.82) is 0 Å². The molecule has 0 bridgehead atoms. The van der Waals surface area contributed by atoms with Gasteiger partial charge in [-0.2, -0.15) is 0 Å². The van der Waals surface area contributed by atoms with E-state index in [2.05, 4.69) is 73.6 Å². The fourth-order valence-electron chi connectivity index (χ4n) is 5.13. The maximum atomic E-state index is 13.1. The summed E-state index contributed by atoms with van der Waals surface area (Å²) in [7, 11) is 0. The molecular formula is C28H31BrN4O. The molecule has 0 unspecified atom stereocenters. The number of nitrogens with one attached hydrogen (secondary N) is 1. The van der Waals surface area contributed by atoms with Crippen LogP contribution < -0.4 is 10.2 Å².